The third-order valence-corrected chi connectivity index (χ3v) is 2.33. The van der Waals surface area contributed by atoms with E-state index in [1.165, 1.54) is 0 Å². The zero-order valence-corrected chi connectivity index (χ0v) is 7.22. The van der Waals surface area contributed by atoms with Gasteiger partial charge in [0.05, 0.1) is 5.38 Å². The topological polar surface area (TPSA) is 26.3 Å². The van der Waals surface area contributed by atoms with Crippen molar-refractivity contribution in [3.63, 3.8) is 0 Å². The molecule has 3 heteroatoms. The van der Waals surface area contributed by atoms with Gasteiger partial charge >= 0.3 is 0 Å². The van der Waals surface area contributed by atoms with Crippen LogP contribution in [0, 0.1) is 5.92 Å². The Morgan fingerprint density at radius 1 is 1.55 bits per heavy atom. The third kappa shape index (κ3) is 3.21. The maximum Gasteiger partial charge on any atom is 0.137 e. The molecule has 1 heterocycles. The number of ether oxygens (including phenoxy) is 1. The van der Waals surface area contributed by atoms with Crippen molar-refractivity contribution < 1.29 is 9.53 Å². The van der Waals surface area contributed by atoms with Gasteiger partial charge in [-0.2, -0.15) is 0 Å². The Morgan fingerprint density at radius 2 is 2.18 bits per heavy atom. The summed E-state index contributed by atoms with van der Waals surface area (Å²) >= 11 is 5.69. The minimum Gasteiger partial charge on any atom is -0.381 e. The molecule has 1 unspecified atom stereocenters. The lowest BCUT2D eigenvalue weighted by Gasteiger charge is -2.22. The third-order valence-electron chi connectivity index (χ3n) is 2.05. The number of alkyl halides is 1. The Bertz CT molecular complexity index is 121. The van der Waals surface area contributed by atoms with Gasteiger partial charge in [-0.3, -0.25) is 0 Å². The van der Waals surface area contributed by atoms with Crippen LogP contribution >= 0.6 is 11.6 Å². The molecule has 0 aromatic carbocycles. The van der Waals surface area contributed by atoms with Crippen LogP contribution in [0.3, 0.4) is 0 Å². The van der Waals surface area contributed by atoms with Crippen LogP contribution in [0.2, 0.25) is 0 Å². The number of carbonyl (C=O) groups excluding carboxylic acids is 1. The molecule has 1 aliphatic rings. The van der Waals surface area contributed by atoms with E-state index in [0.29, 0.717) is 5.92 Å². The maximum atomic E-state index is 10.2. The first kappa shape index (κ1) is 9.01. The van der Waals surface area contributed by atoms with E-state index in [-0.39, 0.29) is 5.38 Å². The summed E-state index contributed by atoms with van der Waals surface area (Å²) < 4.78 is 5.18. The van der Waals surface area contributed by atoms with E-state index >= 15 is 0 Å². The summed E-state index contributed by atoms with van der Waals surface area (Å²) in [5.74, 6) is 0.594. The van der Waals surface area contributed by atoms with E-state index in [4.69, 9.17) is 16.3 Å². The van der Waals surface area contributed by atoms with Gasteiger partial charge in [0, 0.05) is 13.2 Å². The lowest BCUT2D eigenvalue weighted by atomic mass is 9.95. The predicted molar refractivity (Wildman–Crippen MR) is 43.9 cm³/mol. The van der Waals surface area contributed by atoms with Gasteiger partial charge in [-0.05, 0) is 25.2 Å². The molecule has 1 rings (SSSR count). The minimum absolute atomic E-state index is 0.293. The van der Waals surface area contributed by atoms with Crippen molar-refractivity contribution in [3.8, 4) is 0 Å². The Hall–Kier alpha value is -0.0800. The Balaban J connectivity index is 2.18. The van der Waals surface area contributed by atoms with Crippen LogP contribution in [0.25, 0.3) is 0 Å². The summed E-state index contributed by atoms with van der Waals surface area (Å²) in [6.07, 6.45) is 3.74. The Kier molecular flexibility index (Phi) is 3.87. The van der Waals surface area contributed by atoms with E-state index in [2.05, 4.69) is 0 Å². The number of halogens is 1. The van der Waals surface area contributed by atoms with Crippen LogP contribution in [0.15, 0.2) is 0 Å². The molecule has 11 heavy (non-hydrogen) atoms. The van der Waals surface area contributed by atoms with Gasteiger partial charge in [0.15, 0.2) is 0 Å². The van der Waals surface area contributed by atoms with Crippen LogP contribution in [-0.4, -0.2) is 24.9 Å². The molecule has 0 aliphatic carbocycles. The van der Waals surface area contributed by atoms with E-state index in [0.717, 1.165) is 38.8 Å². The van der Waals surface area contributed by atoms with Crippen molar-refractivity contribution in [1.82, 2.24) is 0 Å². The SMILES string of the molecule is O=CC(Cl)CC1CCOCC1. The molecule has 0 saturated carbocycles. The molecule has 0 radical (unpaired) electrons. The predicted octanol–water partition coefficient (Wildman–Crippen LogP) is 1.61. The molecule has 2 nitrogen and oxygen atoms in total. The molecular weight excluding hydrogens is 164 g/mol. The van der Waals surface area contributed by atoms with Gasteiger partial charge in [0.1, 0.15) is 6.29 Å². The van der Waals surface area contributed by atoms with E-state index in [1.54, 1.807) is 0 Å². The minimum atomic E-state index is -0.293. The first-order chi connectivity index (χ1) is 5.33. The van der Waals surface area contributed by atoms with Crippen molar-refractivity contribution in [3.05, 3.63) is 0 Å². The molecule has 1 aliphatic heterocycles. The monoisotopic (exact) mass is 176 g/mol. The molecule has 0 bridgehead atoms. The second-order valence-electron chi connectivity index (χ2n) is 2.94. The molecule has 1 atom stereocenters. The molecule has 1 saturated heterocycles. The van der Waals surface area contributed by atoms with Crippen LogP contribution in [-0.2, 0) is 9.53 Å². The van der Waals surface area contributed by atoms with Crippen molar-refractivity contribution in [2.75, 3.05) is 13.2 Å². The second-order valence-corrected chi connectivity index (χ2v) is 3.50. The molecule has 0 amide bonds. The average molecular weight is 177 g/mol. The van der Waals surface area contributed by atoms with Crippen molar-refractivity contribution in [2.45, 2.75) is 24.6 Å². The summed E-state index contributed by atoms with van der Waals surface area (Å²) in [5.41, 5.74) is 0. The van der Waals surface area contributed by atoms with Crippen LogP contribution < -0.4 is 0 Å². The summed E-state index contributed by atoms with van der Waals surface area (Å²) in [6.45, 7) is 1.65. The zero-order chi connectivity index (χ0) is 8.10. The molecule has 1 fully saturated rings. The highest BCUT2D eigenvalue weighted by Gasteiger charge is 2.16. The summed E-state index contributed by atoms with van der Waals surface area (Å²) in [4.78, 5) is 10.2. The Labute approximate surface area is 71.9 Å². The lowest BCUT2D eigenvalue weighted by molar-refractivity contribution is -0.108. The smallest absolute Gasteiger partial charge is 0.137 e. The molecule has 0 aromatic heterocycles. The first-order valence-corrected chi connectivity index (χ1v) is 4.43. The average Bonchev–Trinajstić information content (AvgIpc) is 2.06. The van der Waals surface area contributed by atoms with Gasteiger partial charge in [-0.25, -0.2) is 0 Å². The molecule has 0 spiro atoms. The van der Waals surface area contributed by atoms with Gasteiger partial charge in [-0.15, -0.1) is 11.6 Å². The van der Waals surface area contributed by atoms with Gasteiger partial charge in [-0.1, -0.05) is 0 Å². The molecule has 0 aromatic rings. The van der Waals surface area contributed by atoms with Gasteiger partial charge < -0.3 is 9.53 Å². The normalized spacial score (nSPS) is 23.0. The van der Waals surface area contributed by atoms with Crippen molar-refractivity contribution in [2.24, 2.45) is 5.92 Å². The molecule has 64 valence electrons. The number of hydrogen-bond donors (Lipinski definition) is 0. The van der Waals surface area contributed by atoms with Gasteiger partial charge in [0.25, 0.3) is 0 Å². The maximum absolute atomic E-state index is 10.2. The fraction of sp³-hybridized carbons (Fsp3) is 0.875. The van der Waals surface area contributed by atoms with Crippen LogP contribution in [0.5, 0.6) is 0 Å². The highest BCUT2D eigenvalue weighted by Crippen LogP contribution is 2.21. The van der Waals surface area contributed by atoms with Crippen molar-refractivity contribution >= 4 is 17.9 Å². The molecular formula is C8H13ClO2. The number of hydrogen-bond acceptors (Lipinski definition) is 2. The number of rotatable bonds is 3. The lowest BCUT2D eigenvalue weighted by Crippen LogP contribution is -2.19. The van der Waals surface area contributed by atoms with Crippen LogP contribution in [0.1, 0.15) is 19.3 Å². The molecule has 0 N–H and O–H groups in total. The number of carbonyl (C=O) groups is 1. The fourth-order valence-electron chi connectivity index (χ4n) is 1.36. The largest absolute Gasteiger partial charge is 0.381 e. The highest BCUT2D eigenvalue weighted by atomic mass is 35.5. The summed E-state index contributed by atoms with van der Waals surface area (Å²) in [6, 6.07) is 0. The van der Waals surface area contributed by atoms with E-state index in [1.807, 2.05) is 0 Å². The number of aldehydes is 1. The zero-order valence-electron chi connectivity index (χ0n) is 6.46. The fourth-order valence-corrected chi connectivity index (χ4v) is 1.61. The van der Waals surface area contributed by atoms with Crippen molar-refractivity contribution in [1.29, 1.82) is 0 Å². The Morgan fingerprint density at radius 3 is 2.73 bits per heavy atom. The summed E-state index contributed by atoms with van der Waals surface area (Å²) in [5, 5.41) is -0.293. The highest BCUT2D eigenvalue weighted by molar-refractivity contribution is 6.27. The standard InChI is InChI=1S/C8H13ClO2/c9-8(6-10)5-7-1-3-11-4-2-7/h6-8H,1-5H2. The van der Waals surface area contributed by atoms with E-state index in [9.17, 15) is 4.79 Å². The van der Waals surface area contributed by atoms with Crippen LogP contribution in [0.4, 0.5) is 0 Å². The van der Waals surface area contributed by atoms with Gasteiger partial charge in [0.2, 0.25) is 0 Å². The summed E-state index contributed by atoms with van der Waals surface area (Å²) in [7, 11) is 0. The first-order valence-electron chi connectivity index (χ1n) is 4.00. The van der Waals surface area contributed by atoms with E-state index < -0.39 is 0 Å². The second kappa shape index (κ2) is 4.73. The quantitative estimate of drug-likeness (QED) is 0.483.